The van der Waals surface area contributed by atoms with Crippen molar-refractivity contribution in [3.8, 4) is 5.75 Å². The third-order valence-corrected chi connectivity index (χ3v) is 8.00. The minimum absolute atomic E-state index is 0.0401. The predicted octanol–water partition coefficient (Wildman–Crippen LogP) is 3.62. The number of aromatic nitrogens is 4. The molecule has 1 aromatic carbocycles. The summed E-state index contributed by atoms with van der Waals surface area (Å²) in [4.78, 5) is 37.7. The highest BCUT2D eigenvalue weighted by Gasteiger charge is 2.33. The monoisotopic (exact) mass is 476 g/mol. The molecule has 1 atom stereocenters. The molecule has 174 valence electrons. The Kier molecular flexibility index (Phi) is 5.17. The van der Waals surface area contributed by atoms with E-state index in [0.29, 0.717) is 38.1 Å². The molecule has 1 amide bonds. The Morgan fingerprint density at radius 2 is 2.09 bits per heavy atom. The Balaban J connectivity index is 1.30. The number of nitrogens with zero attached hydrogens (tertiary/aromatic N) is 4. The van der Waals surface area contributed by atoms with E-state index in [1.165, 1.54) is 10.4 Å². The van der Waals surface area contributed by atoms with Crippen LogP contribution < -0.4 is 10.1 Å². The lowest BCUT2D eigenvalue weighted by Crippen LogP contribution is -2.43. The number of fused-ring (bicyclic) bond motifs is 4. The summed E-state index contributed by atoms with van der Waals surface area (Å²) in [5.74, 6) is 1.82. The number of aryl methyl sites for hydroxylation is 1. The van der Waals surface area contributed by atoms with Gasteiger partial charge in [-0.25, -0.2) is 9.97 Å². The van der Waals surface area contributed by atoms with Crippen LogP contribution in [0.4, 0.5) is 11.5 Å². The van der Waals surface area contributed by atoms with E-state index in [9.17, 15) is 9.59 Å². The van der Waals surface area contributed by atoms with Crippen LogP contribution in [0.15, 0.2) is 24.7 Å². The SMILES string of the molecule is COc1cc2[nH]ncc2cc1Nc1ncnc2sc3c(c12)CCC(C(=O)N1CCC(=O)CC1)C3. The van der Waals surface area contributed by atoms with Crippen molar-refractivity contribution in [2.24, 2.45) is 5.92 Å². The lowest BCUT2D eigenvalue weighted by atomic mass is 9.86. The van der Waals surface area contributed by atoms with E-state index in [-0.39, 0.29) is 17.6 Å². The third kappa shape index (κ3) is 3.58. The Hall–Kier alpha value is -3.53. The van der Waals surface area contributed by atoms with Gasteiger partial charge in [-0.2, -0.15) is 5.10 Å². The molecule has 2 N–H and O–H groups in total. The summed E-state index contributed by atoms with van der Waals surface area (Å²) in [6.07, 6.45) is 6.61. The van der Waals surface area contributed by atoms with Gasteiger partial charge in [-0.3, -0.25) is 14.7 Å². The molecule has 10 heteroatoms. The molecular formula is C24H24N6O3S. The van der Waals surface area contributed by atoms with Gasteiger partial charge in [-0.1, -0.05) is 0 Å². The average Bonchev–Trinajstić information content (AvgIpc) is 3.47. The lowest BCUT2D eigenvalue weighted by molar-refractivity contribution is -0.138. The van der Waals surface area contributed by atoms with Crippen LogP contribution in [0.25, 0.3) is 21.1 Å². The number of ether oxygens (including phenoxy) is 1. The van der Waals surface area contributed by atoms with Crippen molar-refractivity contribution in [1.82, 2.24) is 25.1 Å². The zero-order valence-electron chi connectivity index (χ0n) is 18.8. The number of nitrogens with one attached hydrogen (secondary N) is 2. The van der Waals surface area contributed by atoms with Crippen molar-refractivity contribution in [1.29, 1.82) is 0 Å². The molecule has 1 aliphatic carbocycles. The van der Waals surface area contributed by atoms with Gasteiger partial charge >= 0.3 is 0 Å². The number of carbonyl (C=O) groups excluding carboxylic acids is 2. The topological polar surface area (TPSA) is 113 Å². The maximum Gasteiger partial charge on any atom is 0.226 e. The highest BCUT2D eigenvalue weighted by atomic mass is 32.1. The summed E-state index contributed by atoms with van der Waals surface area (Å²) >= 11 is 1.64. The fourth-order valence-corrected chi connectivity index (χ4v) is 6.28. The molecule has 0 saturated carbocycles. The number of aromatic amines is 1. The van der Waals surface area contributed by atoms with Gasteiger partial charge < -0.3 is 15.0 Å². The molecule has 0 radical (unpaired) electrons. The number of hydrogen-bond donors (Lipinski definition) is 2. The first-order chi connectivity index (χ1) is 16.6. The largest absolute Gasteiger partial charge is 0.494 e. The van der Waals surface area contributed by atoms with E-state index in [4.69, 9.17) is 4.74 Å². The number of ketones is 1. The summed E-state index contributed by atoms with van der Waals surface area (Å²) in [6.45, 7) is 1.10. The molecule has 0 bridgehead atoms. The van der Waals surface area contributed by atoms with E-state index >= 15 is 0 Å². The van der Waals surface area contributed by atoms with E-state index in [1.807, 2.05) is 17.0 Å². The summed E-state index contributed by atoms with van der Waals surface area (Å²) in [5, 5.41) is 12.5. The standard InChI is InChI=1S/C24H24N6O3S/c1-33-19-10-17-14(11-27-29-17)8-18(19)28-22-21-16-3-2-13(9-20(16)34-23(21)26-12-25-22)24(32)30-6-4-15(31)5-7-30/h8,10-13H,2-7,9H2,1H3,(H,27,29)(H,25,26,28). The number of carbonyl (C=O) groups is 2. The van der Waals surface area contributed by atoms with Gasteiger partial charge in [0.05, 0.1) is 29.9 Å². The average molecular weight is 477 g/mol. The Bertz CT molecular complexity index is 1420. The minimum Gasteiger partial charge on any atom is -0.494 e. The smallest absolute Gasteiger partial charge is 0.226 e. The van der Waals surface area contributed by atoms with Gasteiger partial charge in [0.25, 0.3) is 0 Å². The van der Waals surface area contributed by atoms with Crippen LogP contribution in [-0.2, 0) is 22.4 Å². The van der Waals surface area contributed by atoms with Crippen LogP contribution in [0, 0.1) is 5.92 Å². The maximum atomic E-state index is 13.1. The van der Waals surface area contributed by atoms with E-state index in [2.05, 4.69) is 25.5 Å². The Labute approximate surface area is 199 Å². The number of amides is 1. The fourth-order valence-electron chi connectivity index (χ4n) is 5.02. The quantitative estimate of drug-likeness (QED) is 0.463. The predicted molar refractivity (Wildman–Crippen MR) is 130 cm³/mol. The third-order valence-electron chi connectivity index (χ3n) is 6.84. The number of likely N-dealkylation sites (tertiary alicyclic amines) is 1. The molecule has 1 saturated heterocycles. The maximum absolute atomic E-state index is 13.1. The van der Waals surface area contributed by atoms with Crippen molar-refractivity contribution < 1.29 is 14.3 Å². The molecular weight excluding hydrogens is 452 g/mol. The molecule has 6 rings (SSSR count). The van der Waals surface area contributed by atoms with Crippen LogP contribution in [-0.4, -0.2) is 57.0 Å². The van der Waals surface area contributed by atoms with Crippen molar-refractivity contribution in [2.75, 3.05) is 25.5 Å². The molecule has 1 aliphatic heterocycles. The molecule has 1 fully saturated rings. The molecule has 2 aliphatic rings. The molecule has 3 aromatic heterocycles. The zero-order valence-corrected chi connectivity index (χ0v) is 19.6. The van der Waals surface area contributed by atoms with E-state index in [1.54, 1.807) is 31.0 Å². The first-order valence-corrected chi connectivity index (χ1v) is 12.3. The number of Topliss-reactive ketones (excluding diaryl/α,β-unsaturated/α-hetero) is 1. The second-order valence-corrected chi connectivity index (χ2v) is 9.93. The summed E-state index contributed by atoms with van der Waals surface area (Å²) in [6, 6.07) is 3.90. The van der Waals surface area contributed by atoms with Crippen molar-refractivity contribution in [3.05, 3.63) is 35.1 Å². The van der Waals surface area contributed by atoms with Gasteiger partial charge in [-0.05, 0) is 30.9 Å². The fraction of sp³-hybridized carbons (Fsp3) is 0.375. The number of H-pyrrole nitrogens is 1. The summed E-state index contributed by atoms with van der Waals surface area (Å²) < 4.78 is 5.59. The highest BCUT2D eigenvalue weighted by Crippen LogP contribution is 2.42. The number of hydrogen-bond acceptors (Lipinski definition) is 8. The summed E-state index contributed by atoms with van der Waals surface area (Å²) in [7, 11) is 1.64. The second-order valence-electron chi connectivity index (χ2n) is 8.84. The van der Waals surface area contributed by atoms with Gasteiger partial charge in [0, 0.05) is 48.2 Å². The van der Waals surface area contributed by atoms with Gasteiger partial charge in [0.15, 0.2) is 0 Å². The van der Waals surface area contributed by atoms with Crippen molar-refractivity contribution >= 4 is 55.7 Å². The first kappa shape index (κ1) is 21.0. The minimum atomic E-state index is -0.0401. The van der Waals surface area contributed by atoms with Crippen LogP contribution in [0.3, 0.4) is 0 Å². The normalized spacial score (nSPS) is 18.3. The van der Waals surface area contributed by atoms with E-state index < -0.39 is 0 Å². The first-order valence-electron chi connectivity index (χ1n) is 11.4. The van der Waals surface area contributed by atoms with Gasteiger partial charge in [0.2, 0.25) is 5.91 Å². The van der Waals surface area contributed by atoms with Crippen LogP contribution in [0.1, 0.15) is 29.7 Å². The van der Waals surface area contributed by atoms with Gasteiger partial charge in [0.1, 0.15) is 28.5 Å². The Morgan fingerprint density at radius 1 is 1.24 bits per heavy atom. The van der Waals surface area contributed by atoms with Crippen molar-refractivity contribution in [2.45, 2.75) is 32.1 Å². The molecule has 9 nitrogen and oxygen atoms in total. The number of piperidine rings is 1. The molecule has 4 aromatic rings. The van der Waals surface area contributed by atoms with Crippen LogP contribution in [0.5, 0.6) is 5.75 Å². The lowest BCUT2D eigenvalue weighted by Gasteiger charge is -2.31. The number of thiophene rings is 1. The highest BCUT2D eigenvalue weighted by molar-refractivity contribution is 7.19. The van der Waals surface area contributed by atoms with E-state index in [0.717, 1.165) is 45.5 Å². The number of rotatable bonds is 4. The van der Waals surface area contributed by atoms with Gasteiger partial charge in [-0.15, -0.1) is 11.3 Å². The molecule has 34 heavy (non-hydrogen) atoms. The second kappa shape index (κ2) is 8.35. The Morgan fingerprint density at radius 3 is 2.91 bits per heavy atom. The molecule has 1 unspecified atom stereocenters. The molecule has 4 heterocycles. The zero-order chi connectivity index (χ0) is 23.2. The number of benzene rings is 1. The number of methoxy groups -OCH3 is 1. The van der Waals surface area contributed by atoms with Crippen LogP contribution in [0.2, 0.25) is 0 Å². The van der Waals surface area contributed by atoms with Crippen LogP contribution >= 0.6 is 11.3 Å². The van der Waals surface area contributed by atoms with Crippen molar-refractivity contribution in [3.63, 3.8) is 0 Å². The number of anilines is 2. The molecule has 0 spiro atoms. The summed E-state index contributed by atoms with van der Waals surface area (Å²) in [5.41, 5.74) is 2.93.